The highest BCUT2D eigenvalue weighted by Gasteiger charge is 2.25. The molecule has 19 heavy (non-hydrogen) atoms. The molecule has 1 aromatic rings. The Balaban J connectivity index is 1.66. The molecule has 2 rings (SSSR count). The highest BCUT2D eigenvalue weighted by Crippen LogP contribution is 2.10. The van der Waals surface area contributed by atoms with Gasteiger partial charge in [0.05, 0.1) is 12.2 Å². The second-order valence-corrected chi connectivity index (χ2v) is 5.02. The van der Waals surface area contributed by atoms with Gasteiger partial charge < -0.3 is 15.0 Å². The van der Waals surface area contributed by atoms with E-state index in [0.29, 0.717) is 19.6 Å². The van der Waals surface area contributed by atoms with E-state index in [9.17, 15) is 4.79 Å². The first-order valence-corrected chi connectivity index (χ1v) is 6.81. The summed E-state index contributed by atoms with van der Waals surface area (Å²) in [6, 6.07) is 1.90. The van der Waals surface area contributed by atoms with Crippen molar-refractivity contribution in [1.82, 2.24) is 20.0 Å². The number of aryl methyl sites for hydroxylation is 1. The zero-order chi connectivity index (χ0) is 13.7. The van der Waals surface area contributed by atoms with Crippen LogP contribution in [-0.4, -0.2) is 52.6 Å². The van der Waals surface area contributed by atoms with E-state index in [0.717, 1.165) is 13.0 Å². The van der Waals surface area contributed by atoms with E-state index in [2.05, 4.69) is 10.4 Å². The van der Waals surface area contributed by atoms with Crippen molar-refractivity contribution in [3.8, 4) is 0 Å². The lowest BCUT2D eigenvalue weighted by molar-refractivity contribution is -0.0545. The van der Waals surface area contributed by atoms with Crippen molar-refractivity contribution < 1.29 is 9.53 Å². The number of morpholine rings is 1. The molecule has 1 fully saturated rings. The van der Waals surface area contributed by atoms with E-state index in [4.69, 9.17) is 4.74 Å². The third kappa shape index (κ3) is 4.24. The average molecular weight is 266 g/mol. The molecule has 0 saturated carbocycles. The van der Waals surface area contributed by atoms with Gasteiger partial charge in [-0.15, -0.1) is 0 Å². The molecule has 0 bridgehead atoms. The molecule has 1 saturated heterocycles. The second-order valence-electron chi connectivity index (χ2n) is 5.02. The number of aromatic nitrogens is 2. The number of nitrogens with zero attached hydrogens (tertiary/aromatic N) is 3. The Hall–Kier alpha value is -1.56. The summed E-state index contributed by atoms with van der Waals surface area (Å²) >= 11 is 0. The number of nitrogens with one attached hydrogen (secondary N) is 1. The van der Waals surface area contributed by atoms with Crippen molar-refractivity contribution in [3.05, 3.63) is 18.5 Å². The van der Waals surface area contributed by atoms with E-state index < -0.39 is 0 Å². The highest BCUT2D eigenvalue weighted by molar-refractivity contribution is 5.74. The van der Waals surface area contributed by atoms with Crippen molar-refractivity contribution in [2.75, 3.05) is 19.6 Å². The van der Waals surface area contributed by atoms with Gasteiger partial charge in [0.15, 0.2) is 0 Å². The fourth-order valence-corrected chi connectivity index (χ4v) is 2.32. The summed E-state index contributed by atoms with van der Waals surface area (Å²) in [6.45, 7) is 6.80. The third-order valence-corrected chi connectivity index (χ3v) is 3.11. The van der Waals surface area contributed by atoms with Crippen LogP contribution in [-0.2, 0) is 11.3 Å². The molecule has 0 radical (unpaired) electrons. The third-order valence-electron chi connectivity index (χ3n) is 3.11. The van der Waals surface area contributed by atoms with Crippen molar-refractivity contribution >= 4 is 6.03 Å². The van der Waals surface area contributed by atoms with Crippen LogP contribution in [0.5, 0.6) is 0 Å². The van der Waals surface area contributed by atoms with Gasteiger partial charge in [-0.3, -0.25) is 4.68 Å². The van der Waals surface area contributed by atoms with Crippen LogP contribution in [0.25, 0.3) is 0 Å². The van der Waals surface area contributed by atoms with Gasteiger partial charge in [0.2, 0.25) is 0 Å². The van der Waals surface area contributed by atoms with Crippen molar-refractivity contribution in [2.45, 2.75) is 39.0 Å². The Bertz CT molecular complexity index is 383. The zero-order valence-corrected chi connectivity index (χ0v) is 11.6. The minimum Gasteiger partial charge on any atom is -0.372 e. The molecule has 0 aromatic carbocycles. The quantitative estimate of drug-likeness (QED) is 0.830. The van der Waals surface area contributed by atoms with Gasteiger partial charge in [-0.05, 0) is 26.3 Å². The summed E-state index contributed by atoms with van der Waals surface area (Å²) in [5, 5.41) is 7.07. The SMILES string of the molecule is CC1CN(C(=O)NCCCn2cccn2)CC(C)O1. The predicted octanol–water partition coefficient (Wildman–Crippen LogP) is 1.09. The van der Waals surface area contributed by atoms with Crippen LogP contribution < -0.4 is 5.32 Å². The topological polar surface area (TPSA) is 59.4 Å². The molecule has 2 unspecified atom stereocenters. The minimum atomic E-state index is 0.00228. The first kappa shape index (κ1) is 13.9. The van der Waals surface area contributed by atoms with Gasteiger partial charge in [0.1, 0.15) is 0 Å². The number of ether oxygens (including phenoxy) is 1. The van der Waals surface area contributed by atoms with E-state index in [1.807, 2.05) is 35.7 Å². The lowest BCUT2D eigenvalue weighted by atomic mass is 10.2. The van der Waals surface area contributed by atoms with Gasteiger partial charge in [-0.1, -0.05) is 0 Å². The molecule has 0 spiro atoms. The van der Waals surface area contributed by atoms with E-state index >= 15 is 0 Å². The molecule has 2 heterocycles. The van der Waals surface area contributed by atoms with Gasteiger partial charge >= 0.3 is 6.03 Å². The summed E-state index contributed by atoms with van der Waals surface area (Å²) in [4.78, 5) is 13.8. The van der Waals surface area contributed by atoms with Crippen LogP contribution in [0.3, 0.4) is 0 Å². The van der Waals surface area contributed by atoms with Crippen LogP contribution in [0.15, 0.2) is 18.5 Å². The standard InChI is InChI=1S/C13H22N4O2/c1-11-9-16(10-12(2)19-11)13(18)14-5-3-7-17-8-4-6-15-17/h4,6,8,11-12H,3,5,7,9-10H2,1-2H3,(H,14,18). The van der Waals surface area contributed by atoms with Crippen molar-refractivity contribution in [2.24, 2.45) is 0 Å². The predicted molar refractivity (Wildman–Crippen MR) is 71.8 cm³/mol. The monoisotopic (exact) mass is 266 g/mol. The van der Waals surface area contributed by atoms with E-state index in [-0.39, 0.29) is 18.2 Å². The van der Waals surface area contributed by atoms with Crippen LogP contribution >= 0.6 is 0 Å². The highest BCUT2D eigenvalue weighted by atomic mass is 16.5. The lowest BCUT2D eigenvalue weighted by Crippen LogP contribution is -2.51. The fraction of sp³-hybridized carbons (Fsp3) is 0.692. The molecular formula is C13H22N4O2. The first-order valence-electron chi connectivity index (χ1n) is 6.81. The molecule has 1 aromatic heterocycles. The molecule has 6 heteroatoms. The molecule has 6 nitrogen and oxygen atoms in total. The van der Waals surface area contributed by atoms with Gasteiger partial charge in [0.25, 0.3) is 0 Å². The fourth-order valence-electron chi connectivity index (χ4n) is 2.32. The van der Waals surface area contributed by atoms with Crippen LogP contribution in [0.1, 0.15) is 20.3 Å². The molecule has 1 N–H and O–H groups in total. The van der Waals surface area contributed by atoms with Crippen LogP contribution in [0.4, 0.5) is 4.79 Å². The zero-order valence-electron chi connectivity index (χ0n) is 11.6. The smallest absolute Gasteiger partial charge is 0.317 e. The number of urea groups is 1. The maximum atomic E-state index is 12.0. The summed E-state index contributed by atoms with van der Waals surface area (Å²) in [5.41, 5.74) is 0. The number of hydrogen-bond acceptors (Lipinski definition) is 3. The lowest BCUT2D eigenvalue weighted by Gasteiger charge is -2.35. The summed E-state index contributed by atoms with van der Waals surface area (Å²) in [6.07, 6.45) is 4.78. The minimum absolute atomic E-state index is 0.00228. The Morgan fingerprint density at radius 2 is 2.16 bits per heavy atom. The Labute approximate surface area is 113 Å². The molecule has 1 aliphatic rings. The maximum Gasteiger partial charge on any atom is 0.317 e. The van der Waals surface area contributed by atoms with Gasteiger partial charge in [-0.2, -0.15) is 5.10 Å². The average Bonchev–Trinajstić information content (AvgIpc) is 2.86. The second kappa shape index (κ2) is 6.56. The molecule has 0 aliphatic carbocycles. The number of carbonyl (C=O) groups is 1. The number of hydrogen-bond donors (Lipinski definition) is 1. The largest absolute Gasteiger partial charge is 0.372 e. The Morgan fingerprint density at radius 1 is 1.42 bits per heavy atom. The summed E-state index contributed by atoms with van der Waals surface area (Å²) < 4.78 is 7.47. The van der Waals surface area contributed by atoms with E-state index in [1.165, 1.54) is 0 Å². The summed E-state index contributed by atoms with van der Waals surface area (Å²) in [7, 11) is 0. The van der Waals surface area contributed by atoms with Crippen LogP contribution in [0, 0.1) is 0 Å². The van der Waals surface area contributed by atoms with Gasteiger partial charge in [0, 0.05) is 38.6 Å². The van der Waals surface area contributed by atoms with E-state index in [1.54, 1.807) is 6.20 Å². The van der Waals surface area contributed by atoms with Crippen LogP contribution in [0.2, 0.25) is 0 Å². The molecule has 1 aliphatic heterocycles. The number of carbonyl (C=O) groups excluding carboxylic acids is 1. The normalized spacial score (nSPS) is 23.4. The Morgan fingerprint density at radius 3 is 2.79 bits per heavy atom. The molecule has 106 valence electrons. The number of amides is 2. The Kier molecular flexibility index (Phi) is 4.79. The molecule has 2 atom stereocenters. The maximum absolute atomic E-state index is 12.0. The summed E-state index contributed by atoms with van der Waals surface area (Å²) in [5.74, 6) is 0. The van der Waals surface area contributed by atoms with Crippen molar-refractivity contribution in [3.63, 3.8) is 0 Å². The molecule has 2 amide bonds. The van der Waals surface area contributed by atoms with Crippen molar-refractivity contribution in [1.29, 1.82) is 0 Å². The van der Waals surface area contributed by atoms with Gasteiger partial charge in [-0.25, -0.2) is 4.79 Å². The number of rotatable bonds is 4. The molecular weight excluding hydrogens is 244 g/mol. The first-order chi connectivity index (χ1) is 9.15.